The first-order chi connectivity index (χ1) is 4.16. The van der Waals surface area contributed by atoms with Crippen molar-refractivity contribution in [3.05, 3.63) is 12.2 Å². The van der Waals surface area contributed by atoms with Crippen LogP contribution in [0.2, 0.25) is 0 Å². The first kappa shape index (κ1) is 8.30. The highest BCUT2D eigenvalue weighted by atomic mass is 35.5. The van der Waals surface area contributed by atoms with Gasteiger partial charge in [0, 0.05) is 0 Å². The zero-order chi connectivity index (χ0) is 7.28. The van der Waals surface area contributed by atoms with Crippen molar-refractivity contribution in [2.45, 2.75) is 12.5 Å². The van der Waals surface area contributed by atoms with Crippen LogP contribution in [0.3, 0.4) is 0 Å². The summed E-state index contributed by atoms with van der Waals surface area (Å²) in [6, 6.07) is 0. The molecular weight excluding hydrogens is 142 g/mol. The number of carbonyl (C=O) groups excluding carboxylic acids is 1. The van der Waals surface area contributed by atoms with Crippen molar-refractivity contribution in [1.82, 2.24) is 0 Å². The van der Waals surface area contributed by atoms with E-state index in [2.05, 4.69) is 10.5 Å². The lowest BCUT2D eigenvalue weighted by molar-refractivity contribution is 0.157. The van der Waals surface area contributed by atoms with Crippen molar-refractivity contribution in [3.8, 4) is 0 Å². The molecule has 0 aliphatic rings. The summed E-state index contributed by atoms with van der Waals surface area (Å²) in [6.07, 6.45) is 2.31. The molecule has 1 atom stereocenters. The lowest BCUT2D eigenvalue weighted by atomic mass is 10.5. The number of allylic oxidation sites excluding steroid dienone is 1. The third-order valence-corrected chi connectivity index (χ3v) is 0.807. The van der Waals surface area contributed by atoms with E-state index in [4.69, 9.17) is 11.6 Å². The van der Waals surface area contributed by atoms with Crippen molar-refractivity contribution >= 4 is 17.7 Å². The molecule has 0 saturated carbocycles. The molecule has 0 aromatic carbocycles. The average molecular weight is 150 g/mol. The largest absolute Gasteiger partial charge is 0.426 e. The van der Waals surface area contributed by atoms with Gasteiger partial charge in [0.2, 0.25) is 0 Å². The number of carbonyl (C=O) groups is 1. The Morgan fingerprint density at radius 2 is 2.44 bits per heavy atom. The van der Waals surface area contributed by atoms with Crippen LogP contribution >= 0.6 is 11.6 Å². The minimum absolute atomic E-state index is 0.743. The normalized spacial score (nSPS) is 13.6. The fraction of sp³-hybridized carbons (Fsp3) is 0.400. The van der Waals surface area contributed by atoms with Crippen LogP contribution in [0.1, 0.15) is 6.92 Å². The summed E-state index contributed by atoms with van der Waals surface area (Å²) in [5.74, 6) is 0. The Kier molecular flexibility index (Phi) is 3.88. The number of alkyl halides is 1. The number of hydrogen-bond donors (Lipinski definition) is 1. The predicted octanol–water partition coefficient (Wildman–Crippen LogP) is 1.22. The maximum absolute atomic E-state index is 9.97. The molecule has 3 nitrogen and oxygen atoms in total. The highest BCUT2D eigenvalue weighted by Gasteiger charge is 2.00. The Labute approximate surface area is 58.4 Å². The maximum Gasteiger partial charge on any atom is 0.406 e. The van der Waals surface area contributed by atoms with Crippen LogP contribution in [0.4, 0.5) is 4.79 Å². The number of ether oxygens (including phenoxy) is 1. The lowest BCUT2D eigenvalue weighted by Crippen LogP contribution is -2.17. The van der Waals surface area contributed by atoms with E-state index in [-0.39, 0.29) is 0 Å². The van der Waals surface area contributed by atoms with E-state index in [0.717, 1.165) is 0 Å². The van der Waals surface area contributed by atoms with E-state index in [1.807, 2.05) is 0 Å². The Balaban J connectivity index is 3.50. The lowest BCUT2D eigenvalue weighted by Gasteiger charge is -2.01. The van der Waals surface area contributed by atoms with Crippen LogP contribution in [0.25, 0.3) is 0 Å². The fourth-order valence-corrected chi connectivity index (χ4v) is 0.535. The summed E-state index contributed by atoms with van der Waals surface area (Å²) in [5, 5.41) is 0. The third kappa shape index (κ3) is 5.17. The monoisotopic (exact) mass is 149 g/mol. The standard InChI is InChI=1S/C5H8ClNO2/c1-2-3-4(6)9-5(7)8/h2-4H,1H3,(H2,7,8)/b3-2+. The second-order valence-corrected chi connectivity index (χ2v) is 1.74. The zero-order valence-electron chi connectivity index (χ0n) is 5.00. The summed E-state index contributed by atoms with van der Waals surface area (Å²) in [6.45, 7) is 1.76. The molecule has 0 bridgehead atoms. The van der Waals surface area contributed by atoms with E-state index in [9.17, 15) is 4.79 Å². The van der Waals surface area contributed by atoms with Gasteiger partial charge in [0.15, 0.2) is 5.56 Å². The van der Waals surface area contributed by atoms with Gasteiger partial charge in [-0.3, -0.25) is 0 Å². The SMILES string of the molecule is C/C=C/C(Cl)OC(N)=O. The second-order valence-electron chi connectivity index (χ2n) is 1.31. The smallest absolute Gasteiger partial charge is 0.406 e. The van der Waals surface area contributed by atoms with E-state index in [1.54, 1.807) is 13.0 Å². The zero-order valence-corrected chi connectivity index (χ0v) is 5.76. The van der Waals surface area contributed by atoms with Crippen LogP contribution in [-0.2, 0) is 4.74 Å². The molecule has 2 N–H and O–H groups in total. The van der Waals surface area contributed by atoms with Gasteiger partial charge in [-0.2, -0.15) is 0 Å². The van der Waals surface area contributed by atoms with E-state index in [0.29, 0.717) is 0 Å². The summed E-state index contributed by atoms with van der Waals surface area (Å²) < 4.78 is 4.31. The molecule has 0 spiro atoms. The number of halogens is 1. The van der Waals surface area contributed by atoms with Gasteiger partial charge in [-0.25, -0.2) is 4.79 Å². The number of rotatable bonds is 2. The van der Waals surface area contributed by atoms with E-state index in [1.165, 1.54) is 6.08 Å². The fourth-order valence-electron chi connectivity index (χ4n) is 0.302. The molecule has 0 aliphatic heterocycles. The number of hydrogen-bond acceptors (Lipinski definition) is 2. The molecule has 0 aromatic rings. The van der Waals surface area contributed by atoms with Crippen molar-refractivity contribution < 1.29 is 9.53 Å². The molecule has 9 heavy (non-hydrogen) atoms. The molecule has 1 amide bonds. The Bertz CT molecular complexity index is 124. The van der Waals surface area contributed by atoms with Gasteiger partial charge in [-0.05, 0) is 13.0 Å². The van der Waals surface area contributed by atoms with Crippen LogP contribution in [0.5, 0.6) is 0 Å². The Morgan fingerprint density at radius 3 is 2.78 bits per heavy atom. The van der Waals surface area contributed by atoms with Gasteiger partial charge in [0.25, 0.3) is 0 Å². The highest BCUT2D eigenvalue weighted by molar-refractivity contribution is 6.21. The van der Waals surface area contributed by atoms with Crippen molar-refractivity contribution in [2.75, 3.05) is 0 Å². The van der Waals surface area contributed by atoms with Gasteiger partial charge in [-0.15, -0.1) is 0 Å². The Hall–Kier alpha value is -0.700. The summed E-state index contributed by atoms with van der Waals surface area (Å²) in [5.41, 5.74) is 3.90. The van der Waals surface area contributed by atoms with Crippen LogP contribution < -0.4 is 5.73 Å². The summed E-state index contributed by atoms with van der Waals surface area (Å²) >= 11 is 5.37. The first-order valence-electron chi connectivity index (χ1n) is 2.39. The Morgan fingerprint density at radius 1 is 1.89 bits per heavy atom. The van der Waals surface area contributed by atoms with E-state index < -0.39 is 11.7 Å². The van der Waals surface area contributed by atoms with Gasteiger partial charge in [-0.1, -0.05) is 17.7 Å². The summed E-state index contributed by atoms with van der Waals surface area (Å²) in [7, 11) is 0. The molecule has 0 fully saturated rings. The molecule has 52 valence electrons. The van der Waals surface area contributed by atoms with Crippen molar-refractivity contribution in [3.63, 3.8) is 0 Å². The molecular formula is C5H8ClNO2. The van der Waals surface area contributed by atoms with Crippen LogP contribution in [0, 0.1) is 0 Å². The van der Waals surface area contributed by atoms with Gasteiger partial charge in [0.05, 0.1) is 0 Å². The van der Waals surface area contributed by atoms with Gasteiger partial charge in [0.1, 0.15) is 0 Å². The minimum atomic E-state index is -0.867. The van der Waals surface area contributed by atoms with Crippen molar-refractivity contribution in [2.24, 2.45) is 5.73 Å². The minimum Gasteiger partial charge on any atom is -0.426 e. The molecule has 4 heteroatoms. The van der Waals surface area contributed by atoms with Gasteiger partial charge >= 0.3 is 6.09 Å². The molecule has 0 aliphatic carbocycles. The van der Waals surface area contributed by atoms with Crippen molar-refractivity contribution in [1.29, 1.82) is 0 Å². The molecule has 0 radical (unpaired) electrons. The average Bonchev–Trinajstić information content (AvgIpc) is 1.63. The second kappa shape index (κ2) is 4.21. The van der Waals surface area contributed by atoms with E-state index >= 15 is 0 Å². The topological polar surface area (TPSA) is 52.3 Å². The molecule has 0 heterocycles. The van der Waals surface area contributed by atoms with Crippen LogP contribution in [0.15, 0.2) is 12.2 Å². The van der Waals surface area contributed by atoms with Gasteiger partial charge < -0.3 is 10.5 Å². The first-order valence-corrected chi connectivity index (χ1v) is 2.83. The quantitative estimate of drug-likeness (QED) is 0.474. The van der Waals surface area contributed by atoms with Crippen LogP contribution in [-0.4, -0.2) is 11.7 Å². The maximum atomic E-state index is 9.97. The predicted molar refractivity (Wildman–Crippen MR) is 35.1 cm³/mol. The molecule has 1 unspecified atom stereocenters. The number of amides is 1. The third-order valence-electron chi connectivity index (χ3n) is 0.572. The summed E-state index contributed by atoms with van der Waals surface area (Å²) in [4.78, 5) is 9.97. The number of nitrogens with two attached hydrogens (primary N) is 1. The number of primary amides is 1. The molecule has 0 rings (SSSR count). The highest BCUT2D eigenvalue weighted by Crippen LogP contribution is 1.98. The molecule has 0 saturated heterocycles. The molecule has 0 aromatic heterocycles.